The van der Waals surface area contributed by atoms with Crippen LogP contribution in [-0.2, 0) is 14.6 Å². The Balaban J connectivity index is 2.54. The van der Waals surface area contributed by atoms with Crippen molar-refractivity contribution in [1.29, 1.82) is 0 Å². The van der Waals surface area contributed by atoms with Crippen molar-refractivity contribution in [3.8, 4) is 12.3 Å². The highest BCUT2D eigenvalue weighted by Crippen LogP contribution is 2.06. The summed E-state index contributed by atoms with van der Waals surface area (Å²) in [5, 5.41) is 0. The zero-order valence-electron chi connectivity index (χ0n) is 8.35. The summed E-state index contributed by atoms with van der Waals surface area (Å²) in [4.78, 5) is 13.1. The van der Waals surface area contributed by atoms with E-state index >= 15 is 0 Å². The van der Waals surface area contributed by atoms with Crippen molar-refractivity contribution in [2.45, 2.75) is 12.5 Å². The first-order valence-electron chi connectivity index (χ1n) is 4.64. The summed E-state index contributed by atoms with van der Waals surface area (Å²) in [7, 11) is -2.96. The number of carbonyl (C=O) groups excluding carboxylic acids is 1. The van der Waals surface area contributed by atoms with Crippen molar-refractivity contribution in [3.63, 3.8) is 0 Å². The Morgan fingerprint density at radius 3 is 2.47 bits per heavy atom. The van der Waals surface area contributed by atoms with Crippen molar-refractivity contribution < 1.29 is 13.2 Å². The van der Waals surface area contributed by atoms with Crippen molar-refractivity contribution in [2.75, 3.05) is 24.6 Å². The molecule has 1 unspecified atom stereocenters. The molecule has 1 saturated heterocycles. The van der Waals surface area contributed by atoms with Crippen molar-refractivity contribution in [3.05, 3.63) is 0 Å². The fourth-order valence-corrected chi connectivity index (χ4v) is 2.58. The number of rotatable bonds is 2. The van der Waals surface area contributed by atoms with Crippen LogP contribution in [0.1, 0.15) is 6.42 Å². The molecule has 5 nitrogen and oxygen atoms in total. The van der Waals surface area contributed by atoms with Gasteiger partial charge in [0.05, 0.1) is 17.5 Å². The Bertz CT molecular complexity index is 369. The molecular formula is C9H14N2O3S. The van der Waals surface area contributed by atoms with Gasteiger partial charge in [0.2, 0.25) is 5.91 Å². The predicted molar refractivity (Wildman–Crippen MR) is 56.7 cm³/mol. The summed E-state index contributed by atoms with van der Waals surface area (Å²) in [6.45, 7) is 0.443. The molecule has 1 heterocycles. The van der Waals surface area contributed by atoms with Crippen LogP contribution in [0.4, 0.5) is 0 Å². The van der Waals surface area contributed by atoms with Gasteiger partial charge >= 0.3 is 0 Å². The lowest BCUT2D eigenvalue weighted by Gasteiger charge is -2.28. The fourth-order valence-electron chi connectivity index (χ4n) is 1.38. The van der Waals surface area contributed by atoms with Gasteiger partial charge in [-0.15, -0.1) is 12.3 Å². The molecule has 0 spiro atoms. The Hall–Kier alpha value is -1.06. The average molecular weight is 230 g/mol. The van der Waals surface area contributed by atoms with Crippen molar-refractivity contribution >= 4 is 15.7 Å². The summed E-state index contributed by atoms with van der Waals surface area (Å²) >= 11 is 0. The van der Waals surface area contributed by atoms with Crippen LogP contribution in [0.5, 0.6) is 0 Å². The molecule has 2 N–H and O–H groups in total. The third-order valence-electron chi connectivity index (χ3n) is 2.31. The number of hydrogen-bond acceptors (Lipinski definition) is 4. The second-order valence-corrected chi connectivity index (χ2v) is 5.80. The Labute approximate surface area is 89.5 Å². The van der Waals surface area contributed by atoms with Crippen LogP contribution in [-0.4, -0.2) is 49.9 Å². The van der Waals surface area contributed by atoms with Crippen LogP contribution in [0, 0.1) is 12.3 Å². The average Bonchev–Trinajstić information content (AvgIpc) is 2.17. The van der Waals surface area contributed by atoms with E-state index in [9.17, 15) is 13.2 Å². The van der Waals surface area contributed by atoms with Crippen molar-refractivity contribution in [1.82, 2.24) is 4.90 Å². The van der Waals surface area contributed by atoms with Crippen LogP contribution in [0.3, 0.4) is 0 Å². The van der Waals surface area contributed by atoms with Gasteiger partial charge in [-0.05, 0) is 0 Å². The molecule has 1 aliphatic heterocycles. The summed E-state index contributed by atoms with van der Waals surface area (Å²) in [6.07, 6.45) is 5.23. The van der Waals surface area contributed by atoms with E-state index < -0.39 is 15.9 Å². The number of nitrogens with two attached hydrogens (primary N) is 1. The standard InChI is InChI=1S/C9H14N2O3S/c1-2-3-8(10)9(12)11-4-6-15(13,14)7-5-11/h1,8H,3-7,10H2. The molecule has 1 rings (SSSR count). The quantitative estimate of drug-likeness (QED) is 0.591. The maximum Gasteiger partial charge on any atom is 0.240 e. The summed E-state index contributed by atoms with van der Waals surface area (Å²) in [5.74, 6) is 2.08. The summed E-state index contributed by atoms with van der Waals surface area (Å²) < 4.78 is 22.2. The molecule has 1 fully saturated rings. The molecule has 6 heteroatoms. The molecule has 15 heavy (non-hydrogen) atoms. The van der Waals surface area contributed by atoms with Gasteiger partial charge < -0.3 is 10.6 Å². The van der Waals surface area contributed by atoms with E-state index in [0.717, 1.165) is 0 Å². The molecule has 0 aromatic rings. The molecule has 84 valence electrons. The normalized spacial score (nSPS) is 21.7. The molecule has 0 aromatic heterocycles. The van der Waals surface area contributed by atoms with E-state index in [1.54, 1.807) is 0 Å². The van der Waals surface area contributed by atoms with Gasteiger partial charge in [0, 0.05) is 19.5 Å². The highest BCUT2D eigenvalue weighted by atomic mass is 32.2. The molecule has 1 aliphatic rings. The molecule has 0 radical (unpaired) electrons. The largest absolute Gasteiger partial charge is 0.339 e. The zero-order valence-corrected chi connectivity index (χ0v) is 9.16. The SMILES string of the molecule is C#CCC(N)C(=O)N1CCS(=O)(=O)CC1. The van der Waals surface area contributed by atoms with E-state index in [1.165, 1.54) is 4.90 Å². The zero-order chi connectivity index (χ0) is 11.5. The predicted octanol–water partition coefficient (Wildman–Crippen LogP) is -1.41. The van der Waals surface area contributed by atoms with Crippen LogP contribution in [0.2, 0.25) is 0 Å². The van der Waals surface area contributed by atoms with E-state index in [-0.39, 0.29) is 36.9 Å². The third-order valence-corrected chi connectivity index (χ3v) is 3.92. The van der Waals surface area contributed by atoms with Crippen LogP contribution in [0.15, 0.2) is 0 Å². The minimum absolute atomic E-state index is 0.0154. The smallest absolute Gasteiger partial charge is 0.240 e. The molecule has 0 saturated carbocycles. The minimum Gasteiger partial charge on any atom is -0.339 e. The molecule has 1 amide bonds. The van der Waals surface area contributed by atoms with E-state index in [4.69, 9.17) is 12.2 Å². The van der Waals surface area contributed by atoms with Gasteiger partial charge in [-0.25, -0.2) is 8.42 Å². The first kappa shape index (κ1) is 12.0. The van der Waals surface area contributed by atoms with E-state index in [1.807, 2.05) is 0 Å². The van der Waals surface area contributed by atoms with Gasteiger partial charge in [-0.3, -0.25) is 4.79 Å². The number of amides is 1. The lowest BCUT2D eigenvalue weighted by atomic mass is 10.2. The van der Waals surface area contributed by atoms with Gasteiger partial charge in [0.25, 0.3) is 0 Å². The van der Waals surface area contributed by atoms with Gasteiger partial charge in [-0.2, -0.15) is 0 Å². The fraction of sp³-hybridized carbons (Fsp3) is 0.667. The summed E-state index contributed by atoms with van der Waals surface area (Å²) in [6, 6.07) is -0.712. The monoisotopic (exact) mass is 230 g/mol. The second-order valence-electron chi connectivity index (χ2n) is 3.49. The number of nitrogens with zero attached hydrogens (tertiary/aromatic N) is 1. The lowest BCUT2D eigenvalue weighted by Crippen LogP contribution is -2.50. The van der Waals surface area contributed by atoms with Crippen LogP contribution < -0.4 is 5.73 Å². The lowest BCUT2D eigenvalue weighted by molar-refractivity contribution is -0.132. The molecule has 1 atom stereocenters. The van der Waals surface area contributed by atoms with E-state index in [2.05, 4.69) is 5.92 Å². The molecule has 0 bridgehead atoms. The van der Waals surface area contributed by atoms with Crippen molar-refractivity contribution in [2.24, 2.45) is 5.73 Å². The third kappa shape index (κ3) is 3.22. The number of hydrogen-bond donors (Lipinski definition) is 1. The van der Waals surface area contributed by atoms with Crippen LogP contribution in [0.25, 0.3) is 0 Å². The van der Waals surface area contributed by atoms with Gasteiger partial charge in [0.15, 0.2) is 9.84 Å². The highest BCUT2D eigenvalue weighted by Gasteiger charge is 2.27. The minimum atomic E-state index is -2.96. The Kier molecular flexibility index (Phi) is 3.72. The maximum atomic E-state index is 11.6. The first-order valence-corrected chi connectivity index (χ1v) is 6.46. The summed E-state index contributed by atoms with van der Waals surface area (Å²) in [5.41, 5.74) is 5.54. The highest BCUT2D eigenvalue weighted by molar-refractivity contribution is 7.91. The number of terminal acetylenes is 1. The van der Waals surface area contributed by atoms with Gasteiger partial charge in [0.1, 0.15) is 0 Å². The molecule has 0 aliphatic carbocycles. The van der Waals surface area contributed by atoms with Gasteiger partial charge in [-0.1, -0.05) is 0 Å². The number of sulfone groups is 1. The van der Waals surface area contributed by atoms with Crippen LogP contribution >= 0.6 is 0 Å². The van der Waals surface area contributed by atoms with E-state index in [0.29, 0.717) is 0 Å². The second kappa shape index (κ2) is 4.64. The maximum absolute atomic E-state index is 11.6. The molecule has 0 aromatic carbocycles. The molecular weight excluding hydrogens is 216 g/mol. The first-order chi connectivity index (χ1) is 6.96. The number of carbonyl (C=O) groups is 1. The Morgan fingerprint density at radius 2 is 2.00 bits per heavy atom. The topological polar surface area (TPSA) is 80.5 Å². The Morgan fingerprint density at radius 1 is 1.47 bits per heavy atom.